The molecule has 5 rings (SSSR count). The highest BCUT2D eigenvalue weighted by atomic mass is 35.5. The van der Waals surface area contributed by atoms with Gasteiger partial charge in [-0.25, -0.2) is 0 Å². The molecule has 3 aliphatic rings. The highest BCUT2D eigenvalue weighted by molar-refractivity contribution is 6.30. The van der Waals surface area contributed by atoms with E-state index in [1.165, 1.54) is 0 Å². The van der Waals surface area contributed by atoms with Crippen molar-refractivity contribution in [2.24, 2.45) is 0 Å². The van der Waals surface area contributed by atoms with Crippen molar-refractivity contribution in [1.82, 2.24) is 5.32 Å². The first-order valence-electron chi connectivity index (χ1n) is 14.7. The summed E-state index contributed by atoms with van der Waals surface area (Å²) in [5.41, 5.74) is 1.74. The maximum absolute atomic E-state index is 10.8. The van der Waals surface area contributed by atoms with Gasteiger partial charge in [0.2, 0.25) is 6.79 Å². The zero-order chi connectivity index (χ0) is 32.2. The molecule has 12 atom stereocenters. The summed E-state index contributed by atoms with van der Waals surface area (Å²) in [6.45, 7) is 1.34. The summed E-state index contributed by atoms with van der Waals surface area (Å²) in [5.74, 6) is 1.39. The van der Waals surface area contributed by atoms with Crippen LogP contribution in [0.5, 0.6) is 11.5 Å². The summed E-state index contributed by atoms with van der Waals surface area (Å²) in [7, 11) is 0. The number of benzene rings is 2. The van der Waals surface area contributed by atoms with E-state index in [-0.39, 0.29) is 19.4 Å². The minimum Gasteiger partial charge on any atom is -0.454 e. The van der Waals surface area contributed by atoms with Gasteiger partial charge in [-0.15, -0.1) is 0 Å². The maximum atomic E-state index is 10.8. The molecule has 0 spiro atoms. The van der Waals surface area contributed by atoms with Gasteiger partial charge in [0.15, 0.2) is 24.1 Å². The first-order chi connectivity index (χ1) is 21.5. The van der Waals surface area contributed by atoms with E-state index in [0.29, 0.717) is 28.5 Å². The van der Waals surface area contributed by atoms with Gasteiger partial charge in [-0.1, -0.05) is 29.8 Å². The average molecular weight is 658 g/mol. The third-order valence-electron chi connectivity index (χ3n) is 8.11. The number of halogens is 1. The van der Waals surface area contributed by atoms with Crippen LogP contribution in [0.15, 0.2) is 42.5 Å². The van der Waals surface area contributed by atoms with Crippen molar-refractivity contribution in [2.75, 3.05) is 26.6 Å². The predicted molar refractivity (Wildman–Crippen MR) is 155 cm³/mol. The Balaban J connectivity index is 1.24. The molecule has 15 heteroatoms. The van der Waals surface area contributed by atoms with Gasteiger partial charge in [-0.3, -0.25) is 0 Å². The van der Waals surface area contributed by atoms with Crippen molar-refractivity contribution in [3.8, 4) is 11.5 Å². The molecule has 250 valence electrons. The lowest BCUT2D eigenvalue weighted by Gasteiger charge is -2.43. The number of aliphatic hydroxyl groups is 7. The maximum Gasteiger partial charge on any atom is 0.231 e. The van der Waals surface area contributed by atoms with Crippen LogP contribution in [0.2, 0.25) is 5.02 Å². The van der Waals surface area contributed by atoms with Crippen molar-refractivity contribution in [2.45, 2.75) is 86.9 Å². The second-order valence-corrected chi connectivity index (χ2v) is 11.9. The molecule has 45 heavy (non-hydrogen) atoms. The molecule has 0 aromatic heterocycles. The molecule has 2 saturated heterocycles. The van der Waals surface area contributed by atoms with Gasteiger partial charge in [-0.05, 0) is 48.7 Å². The topological polar surface area (TPSA) is 209 Å². The Morgan fingerprint density at radius 3 is 2.18 bits per heavy atom. The van der Waals surface area contributed by atoms with Crippen molar-refractivity contribution < 1.29 is 64.2 Å². The number of hydrogen-bond donors (Lipinski definition) is 8. The minimum absolute atomic E-state index is 0.0203. The first-order valence-corrected chi connectivity index (χ1v) is 15.1. The van der Waals surface area contributed by atoms with E-state index in [9.17, 15) is 35.7 Å². The van der Waals surface area contributed by atoms with Crippen molar-refractivity contribution in [3.63, 3.8) is 0 Å². The number of fused-ring (bicyclic) bond motifs is 1. The van der Waals surface area contributed by atoms with Crippen LogP contribution in [-0.4, -0.2) is 130 Å². The Hall–Kier alpha value is -2.15. The fourth-order valence-corrected chi connectivity index (χ4v) is 5.57. The Morgan fingerprint density at radius 1 is 0.822 bits per heavy atom. The van der Waals surface area contributed by atoms with Crippen molar-refractivity contribution >= 4 is 11.6 Å². The van der Waals surface area contributed by atoms with Crippen LogP contribution in [0.3, 0.4) is 0 Å². The van der Waals surface area contributed by atoms with Crippen molar-refractivity contribution in [1.29, 1.82) is 0 Å². The van der Waals surface area contributed by atoms with E-state index in [1.807, 2.05) is 25.1 Å². The number of aliphatic hydroxyl groups excluding tert-OH is 7. The first kappa shape index (κ1) is 34.2. The Morgan fingerprint density at radius 2 is 1.47 bits per heavy atom. The molecule has 0 bridgehead atoms. The van der Waals surface area contributed by atoms with Gasteiger partial charge >= 0.3 is 0 Å². The van der Waals surface area contributed by atoms with Gasteiger partial charge in [0.25, 0.3) is 0 Å². The quantitative estimate of drug-likeness (QED) is 0.137. The largest absolute Gasteiger partial charge is 0.454 e. The molecule has 8 N–H and O–H groups in total. The lowest BCUT2D eigenvalue weighted by molar-refractivity contribution is -0.336. The Bertz CT molecular complexity index is 1240. The van der Waals surface area contributed by atoms with E-state index in [4.69, 9.17) is 40.0 Å². The van der Waals surface area contributed by atoms with E-state index in [2.05, 4.69) is 5.32 Å². The van der Waals surface area contributed by atoms with E-state index in [1.54, 1.807) is 24.3 Å². The summed E-state index contributed by atoms with van der Waals surface area (Å²) in [6, 6.07) is 12.6. The van der Waals surface area contributed by atoms with Gasteiger partial charge in [0.1, 0.15) is 48.8 Å². The summed E-state index contributed by atoms with van der Waals surface area (Å²) in [4.78, 5) is 0. The molecule has 0 amide bonds. The molecule has 3 heterocycles. The fraction of sp³-hybridized carbons (Fsp3) is 0.600. The van der Waals surface area contributed by atoms with Crippen LogP contribution in [0.4, 0.5) is 0 Å². The van der Waals surface area contributed by atoms with Gasteiger partial charge in [0.05, 0.1) is 19.3 Å². The third-order valence-corrected chi connectivity index (χ3v) is 8.36. The summed E-state index contributed by atoms with van der Waals surface area (Å²) >= 11 is 6.10. The monoisotopic (exact) mass is 657 g/mol. The molecule has 2 aromatic carbocycles. The SMILES string of the molecule is CC(Cc1ccc2c(c1)OCO2)NC[C@H](O[C@@H]1O[C@H](CO[C@@H]2O[C@H](CO)[C@@H](O)[C@H](O)[C@H]2O)[C@@H](O)[C@H](O)[C@H]1O)c1ccc(Cl)cc1. The molecular formula is C30H40ClNO13. The van der Waals surface area contributed by atoms with Gasteiger partial charge in [-0.2, -0.15) is 0 Å². The zero-order valence-electron chi connectivity index (χ0n) is 24.5. The van der Waals surface area contributed by atoms with Crippen molar-refractivity contribution in [3.05, 3.63) is 58.6 Å². The summed E-state index contributed by atoms with van der Waals surface area (Å²) in [5, 5.41) is 75.7. The number of rotatable bonds is 12. The molecule has 0 aliphatic carbocycles. The smallest absolute Gasteiger partial charge is 0.231 e. The zero-order valence-corrected chi connectivity index (χ0v) is 25.2. The number of ether oxygens (including phenoxy) is 6. The van der Waals surface area contributed by atoms with Crippen LogP contribution >= 0.6 is 11.6 Å². The van der Waals surface area contributed by atoms with Crippen LogP contribution in [0.25, 0.3) is 0 Å². The summed E-state index contributed by atoms with van der Waals surface area (Å²) < 4.78 is 33.7. The van der Waals surface area contributed by atoms with E-state index in [0.717, 1.165) is 5.56 Å². The average Bonchev–Trinajstić information content (AvgIpc) is 3.50. The van der Waals surface area contributed by atoms with Crippen LogP contribution in [0, 0.1) is 0 Å². The molecule has 2 fully saturated rings. The van der Waals surface area contributed by atoms with Crippen LogP contribution < -0.4 is 14.8 Å². The standard InChI is InChI=1S/C30H40ClNO13/c1-14(8-15-2-7-18-19(9-15)42-13-41-18)32-10-20(16-3-5-17(31)6-4-16)43-30-28(39)26(37)24(35)22(45-30)12-40-29-27(38)25(36)23(34)21(11-33)44-29/h2-7,9,14,20-30,32-39H,8,10-13H2,1H3/t14?,20-,21+,22+,23+,24+,25-,26-,27+,28+,29+,30+/m0/s1. The lowest BCUT2D eigenvalue weighted by atomic mass is 9.98. The molecule has 1 unspecified atom stereocenters. The second kappa shape index (κ2) is 15.2. The number of hydrogen-bond acceptors (Lipinski definition) is 14. The Labute approximate surface area is 264 Å². The normalized spacial score (nSPS) is 34.4. The third kappa shape index (κ3) is 8.05. The number of nitrogens with one attached hydrogen (secondary N) is 1. The summed E-state index contributed by atoms with van der Waals surface area (Å²) in [6.07, 6.45) is -15.3. The Kier molecular flexibility index (Phi) is 11.5. The molecule has 0 saturated carbocycles. The van der Waals surface area contributed by atoms with Crippen LogP contribution in [0.1, 0.15) is 24.2 Å². The van der Waals surface area contributed by atoms with E-state index >= 15 is 0 Å². The van der Waals surface area contributed by atoms with Crippen LogP contribution in [-0.2, 0) is 25.4 Å². The molecule has 3 aliphatic heterocycles. The second-order valence-electron chi connectivity index (χ2n) is 11.4. The predicted octanol–water partition coefficient (Wildman–Crippen LogP) is -1.03. The highest BCUT2D eigenvalue weighted by Crippen LogP contribution is 2.33. The van der Waals surface area contributed by atoms with E-state index < -0.39 is 80.7 Å². The lowest BCUT2D eigenvalue weighted by Crippen LogP contribution is -2.62. The molecular weight excluding hydrogens is 618 g/mol. The minimum atomic E-state index is -1.68. The highest BCUT2D eigenvalue weighted by Gasteiger charge is 2.48. The molecule has 14 nitrogen and oxygen atoms in total. The molecule has 0 radical (unpaired) electrons. The van der Waals surface area contributed by atoms with Gasteiger partial charge < -0.3 is 69.5 Å². The fourth-order valence-electron chi connectivity index (χ4n) is 5.45. The van der Waals surface area contributed by atoms with Gasteiger partial charge in [0, 0.05) is 17.6 Å². The molecule has 2 aromatic rings.